The molecule has 2 aromatic heterocycles. The summed E-state index contributed by atoms with van der Waals surface area (Å²) >= 11 is 7.32. The van der Waals surface area contributed by atoms with Gasteiger partial charge in [0.25, 0.3) is 5.92 Å². The molecule has 0 bridgehead atoms. The van der Waals surface area contributed by atoms with Gasteiger partial charge >= 0.3 is 11.9 Å². The lowest BCUT2D eigenvalue weighted by Gasteiger charge is -2.45. The fraction of sp³-hybridized carbons (Fsp3) is 0.483. The number of aliphatic hydroxyl groups excluding tert-OH is 2. The largest absolute Gasteiger partial charge is 0.479 e. The maximum atomic E-state index is 14.8. The lowest BCUT2D eigenvalue weighted by atomic mass is 9.84. The summed E-state index contributed by atoms with van der Waals surface area (Å²) in [6, 6.07) is 6.48. The van der Waals surface area contributed by atoms with Crippen LogP contribution in [-0.2, 0) is 38.9 Å². The highest BCUT2D eigenvalue weighted by Gasteiger charge is 2.51. The van der Waals surface area contributed by atoms with Crippen LogP contribution in [0.15, 0.2) is 30.5 Å². The number of halogens is 4. The van der Waals surface area contributed by atoms with E-state index in [9.17, 15) is 22.8 Å². The molecule has 0 aliphatic carbocycles. The summed E-state index contributed by atoms with van der Waals surface area (Å²) in [5.74, 6) is -6.86. The maximum absolute atomic E-state index is 14.8. The quantitative estimate of drug-likeness (QED) is 0.279. The van der Waals surface area contributed by atoms with Crippen LogP contribution in [0.5, 0.6) is 0 Å². The molecule has 2 aliphatic heterocycles. The number of hydrogen-bond donors (Lipinski definition) is 4. The Kier molecular flexibility index (Phi) is 10.6. The topological polar surface area (TPSA) is 149 Å². The van der Waals surface area contributed by atoms with Gasteiger partial charge in [0.1, 0.15) is 23.7 Å². The molecule has 0 amide bonds. The number of aliphatic hydroxyl groups is 2. The normalized spacial score (nSPS) is 18.6. The summed E-state index contributed by atoms with van der Waals surface area (Å²) in [6.07, 6.45) is -1.41. The van der Waals surface area contributed by atoms with Gasteiger partial charge in [-0.25, -0.2) is 18.7 Å². The summed E-state index contributed by atoms with van der Waals surface area (Å²) in [4.78, 5) is 24.4. The van der Waals surface area contributed by atoms with E-state index in [0.717, 1.165) is 16.8 Å². The SMILES string of the molecule is Cc1nn(-c2c(F)cccc2CN(C)C)cc1CN1CCC2(CC1)OCC(F)(F)c1cc(Cl)sc12.O=C(O)C(O)C(O)C(=O)O. The molecule has 16 heteroatoms. The molecule has 45 heavy (non-hydrogen) atoms. The summed E-state index contributed by atoms with van der Waals surface area (Å²) in [6.45, 7) is 3.94. The summed E-state index contributed by atoms with van der Waals surface area (Å²) in [7, 11) is 3.89. The second-order valence-electron chi connectivity index (χ2n) is 11.3. The van der Waals surface area contributed by atoms with E-state index >= 15 is 0 Å². The molecule has 3 aromatic rings. The van der Waals surface area contributed by atoms with E-state index in [1.54, 1.807) is 10.7 Å². The number of carboxylic acid groups (broad SMARTS) is 2. The van der Waals surface area contributed by atoms with Gasteiger partial charge in [0.05, 0.1) is 10.0 Å². The van der Waals surface area contributed by atoms with Gasteiger partial charge in [-0.3, -0.25) is 4.90 Å². The van der Waals surface area contributed by atoms with Crippen molar-refractivity contribution in [2.45, 2.75) is 56.6 Å². The highest BCUT2D eigenvalue weighted by molar-refractivity contribution is 7.16. The van der Waals surface area contributed by atoms with Crippen LogP contribution >= 0.6 is 22.9 Å². The van der Waals surface area contributed by atoms with Gasteiger partial charge in [-0.2, -0.15) is 13.9 Å². The Labute approximate surface area is 266 Å². The predicted octanol–water partition coefficient (Wildman–Crippen LogP) is 3.59. The van der Waals surface area contributed by atoms with Crippen LogP contribution in [0.4, 0.5) is 13.2 Å². The number of carbonyl (C=O) groups is 2. The molecule has 1 saturated heterocycles. The molecule has 1 spiro atoms. The van der Waals surface area contributed by atoms with Crippen molar-refractivity contribution in [3.63, 3.8) is 0 Å². The summed E-state index contributed by atoms with van der Waals surface area (Å²) in [5.41, 5.74) is 2.48. The van der Waals surface area contributed by atoms with Crippen LogP contribution in [0.2, 0.25) is 4.34 Å². The van der Waals surface area contributed by atoms with E-state index in [2.05, 4.69) is 10.00 Å². The van der Waals surface area contributed by atoms with E-state index in [4.69, 9.17) is 36.8 Å². The van der Waals surface area contributed by atoms with Crippen molar-refractivity contribution in [2.75, 3.05) is 33.8 Å². The summed E-state index contributed by atoms with van der Waals surface area (Å²) in [5, 5.41) is 37.1. The molecule has 4 N–H and O–H groups in total. The van der Waals surface area contributed by atoms with E-state index in [1.807, 2.05) is 38.2 Å². The number of likely N-dealkylation sites (tertiary alicyclic amines) is 1. The number of hydrogen-bond acceptors (Lipinski definition) is 9. The predicted molar refractivity (Wildman–Crippen MR) is 158 cm³/mol. The Morgan fingerprint density at radius 2 is 1.76 bits per heavy atom. The Hall–Kier alpha value is -3.05. The average Bonchev–Trinajstić information content (AvgIpc) is 3.54. The van der Waals surface area contributed by atoms with E-state index < -0.39 is 42.3 Å². The minimum Gasteiger partial charge on any atom is -0.479 e. The number of rotatable bonds is 8. The first-order chi connectivity index (χ1) is 21.0. The third-order valence-electron chi connectivity index (χ3n) is 7.69. The van der Waals surface area contributed by atoms with Gasteiger partial charge in [-0.1, -0.05) is 23.7 Å². The molecule has 2 unspecified atom stereocenters. The van der Waals surface area contributed by atoms with Gasteiger partial charge in [0.15, 0.2) is 12.2 Å². The third-order valence-corrected chi connectivity index (χ3v) is 9.14. The minimum absolute atomic E-state index is 0.0164. The number of aryl methyl sites for hydroxylation is 1. The number of benzene rings is 1. The smallest absolute Gasteiger partial charge is 0.335 e. The van der Waals surface area contributed by atoms with Crippen molar-refractivity contribution in [1.29, 1.82) is 0 Å². The molecule has 0 radical (unpaired) electrons. The van der Waals surface area contributed by atoms with Gasteiger partial charge in [-0.05, 0) is 51.6 Å². The minimum atomic E-state index is -3.01. The Balaban J connectivity index is 0.000000399. The Bertz CT molecular complexity index is 1520. The second-order valence-corrected chi connectivity index (χ2v) is 13.0. The molecule has 1 fully saturated rings. The molecule has 1 aromatic carbocycles. The maximum Gasteiger partial charge on any atom is 0.335 e. The van der Waals surface area contributed by atoms with Gasteiger partial charge in [-0.15, -0.1) is 11.3 Å². The first-order valence-corrected chi connectivity index (χ1v) is 15.1. The highest BCUT2D eigenvalue weighted by Crippen LogP contribution is 2.52. The molecule has 246 valence electrons. The van der Waals surface area contributed by atoms with Gasteiger partial charge in [0.2, 0.25) is 0 Å². The number of fused-ring (bicyclic) bond motifs is 2. The third kappa shape index (κ3) is 7.68. The van der Waals surface area contributed by atoms with Crippen molar-refractivity contribution in [1.82, 2.24) is 19.6 Å². The van der Waals surface area contributed by atoms with Crippen LogP contribution < -0.4 is 0 Å². The number of alkyl halides is 2. The molecular formula is C29H34ClF3N4O7S. The number of aromatic nitrogens is 2. The highest BCUT2D eigenvalue weighted by atomic mass is 35.5. The van der Waals surface area contributed by atoms with Gasteiger partial charge in [0, 0.05) is 48.4 Å². The average molecular weight is 675 g/mol. The number of para-hydroxylation sites is 1. The number of nitrogens with zero attached hydrogens (tertiary/aromatic N) is 4. The standard InChI is InChI=1S/C25H28ClF3N4OS.C4H6O6/c1-16-18(14-33(30-16)22-17(12-31(2)3)5-4-6-20(22)27)13-32-9-7-24(8-10-32)23-19(11-21(26)35-23)25(28,29)15-34-24;5-1(3(7)8)2(6)4(9)10/h4-6,11,14H,7-10,12-13,15H2,1-3H3;1-2,5-6H,(H,7,8)(H,9,10). The molecular weight excluding hydrogens is 641 g/mol. The number of aliphatic carboxylic acids is 2. The Morgan fingerprint density at radius 3 is 2.33 bits per heavy atom. The molecule has 5 rings (SSSR count). The van der Waals surface area contributed by atoms with Crippen LogP contribution in [-0.4, -0.2) is 97.9 Å². The van der Waals surface area contributed by atoms with Crippen molar-refractivity contribution < 1.29 is 47.9 Å². The molecule has 0 saturated carbocycles. The van der Waals surface area contributed by atoms with Crippen LogP contribution in [0.1, 0.15) is 40.1 Å². The molecule has 2 atom stereocenters. The van der Waals surface area contributed by atoms with Crippen molar-refractivity contribution in [2.24, 2.45) is 0 Å². The zero-order valence-corrected chi connectivity index (χ0v) is 26.3. The monoisotopic (exact) mass is 674 g/mol. The molecule has 4 heterocycles. The lowest BCUT2D eigenvalue weighted by Crippen LogP contribution is -2.48. The number of ether oxygens (including phenoxy) is 1. The fourth-order valence-corrected chi connectivity index (χ4v) is 6.83. The van der Waals surface area contributed by atoms with Crippen LogP contribution in [0, 0.1) is 12.7 Å². The molecule has 2 aliphatic rings. The molecule has 11 nitrogen and oxygen atoms in total. The van der Waals surface area contributed by atoms with Crippen molar-refractivity contribution >= 4 is 34.9 Å². The lowest BCUT2D eigenvalue weighted by molar-refractivity contribution is -0.182. The van der Waals surface area contributed by atoms with Crippen molar-refractivity contribution in [3.8, 4) is 5.69 Å². The Morgan fingerprint density at radius 1 is 1.13 bits per heavy atom. The van der Waals surface area contributed by atoms with Crippen LogP contribution in [0.25, 0.3) is 5.69 Å². The van der Waals surface area contributed by atoms with E-state index in [0.29, 0.717) is 53.9 Å². The van der Waals surface area contributed by atoms with E-state index in [1.165, 1.54) is 23.5 Å². The van der Waals surface area contributed by atoms with E-state index in [-0.39, 0.29) is 11.4 Å². The zero-order chi connectivity index (χ0) is 33.3. The van der Waals surface area contributed by atoms with Crippen LogP contribution in [0.3, 0.4) is 0 Å². The van der Waals surface area contributed by atoms with Crippen molar-refractivity contribution in [3.05, 3.63) is 67.9 Å². The number of carboxylic acids is 2. The zero-order valence-electron chi connectivity index (χ0n) is 24.7. The fourth-order valence-electron chi connectivity index (χ4n) is 5.35. The number of piperidine rings is 1. The first kappa shape index (κ1) is 34.8. The van der Waals surface area contributed by atoms with Gasteiger partial charge < -0.3 is 30.1 Å². The summed E-state index contributed by atoms with van der Waals surface area (Å²) < 4.78 is 51.4. The first-order valence-electron chi connectivity index (χ1n) is 13.9. The number of thiophene rings is 1. The second kappa shape index (κ2) is 13.7.